The van der Waals surface area contributed by atoms with Crippen LogP contribution >= 0.6 is 11.3 Å². The van der Waals surface area contributed by atoms with E-state index in [1.54, 1.807) is 18.4 Å². The van der Waals surface area contributed by atoms with Crippen LogP contribution in [0.15, 0.2) is 53.5 Å². The van der Waals surface area contributed by atoms with Crippen LogP contribution in [0.3, 0.4) is 0 Å². The fraction of sp³-hybridized carbons (Fsp3) is 0.355. The highest BCUT2D eigenvalue weighted by molar-refractivity contribution is 7.15. The summed E-state index contributed by atoms with van der Waals surface area (Å²) in [5, 5.41) is 9.83. The van der Waals surface area contributed by atoms with Crippen molar-refractivity contribution >= 4 is 34.4 Å². The Bertz CT molecular complexity index is 1620. The Kier molecular flexibility index (Phi) is 7.25. The number of esters is 1. The third-order valence-electron chi connectivity index (χ3n) is 8.04. The fourth-order valence-electron chi connectivity index (χ4n) is 5.69. The molecule has 0 saturated carbocycles. The Hall–Kier alpha value is -4.18. The van der Waals surface area contributed by atoms with E-state index >= 15 is 0 Å². The lowest BCUT2D eigenvalue weighted by Crippen LogP contribution is -2.46. The minimum atomic E-state index is -0.499. The number of methoxy groups -OCH3 is 2. The van der Waals surface area contributed by atoms with E-state index in [4.69, 9.17) is 14.5 Å². The van der Waals surface area contributed by atoms with Crippen LogP contribution in [0.1, 0.15) is 45.7 Å². The SMILES string of the molecule is COC(=O)C[C@@H]1N=C(c2ccc(N3CCN(c4ccccc4OC)CC3)cc2)c2c(sc(C)c2C)-n2c(C)nnc21. The van der Waals surface area contributed by atoms with Crippen molar-refractivity contribution in [3.63, 3.8) is 0 Å². The second-order valence-electron chi connectivity index (χ2n) is 10.4. The van der Waals surface area contributed by atoms with E-state index in [0.29, 0.717) is 5.82 Å². The number of nitrogens with zero attached hydrogens (tertiary/aromatic N) is 6. The number of rotatable bonds is 6. The van der Waals surface area contributed by atoms with Crippen LogP contribution in [0.25, 0.3) is 5.00 Å². The minimum absolute atomic E-state index is 0.0969. The number of anilines is 2. The lowest BCUT2D eigenvalue weighted by Gasteiger charge is -2.37. The lowest BCUT2D eigenvalue weighted by atomic mass is 9.99. The molecule has 212 valence electrons. The number of piperazine rings is 1. The maximum atomic E-state index is 12.4. The molecule has 2 aromatic heterocycles. The second-order valence-corrected chi connectivity index (χ2v) is 11.6. The van der Waals surface area contributed by atoms with Crippen molar-refractivity contribution in [1.29, 1.82) is 0 Å². The Labute approximate surface area is 244 Å². The Balaban J connectivity index is 1.31. The summed E-state index contributed by atoms with van der Waals surface area (Å²) in [5.41, 5.74) is 6.45. The number of para-hydroxylation sites is 2. The highest BCUT2D eigenvalue weighted by Crippen LogP contribution is 2.40. The van der Waals surface area contributed by atoms with Crippen LogP contribution < -0.4 is 14.5 Å². The molecule has 0 spiro atoms. The van der Waals surface area contributed by atoms with Gasteiger partial charge in [0.1, 0.15) is 22.6 Å². The normalized spacial score (nSPS) is 16.5. The predicted molar refractivity (Wildman–Crippen MR) is 162 cm³/mol. The average molecular weight is 571 g/mol. The summed E-state index contributed by atoms with van der Waals surface area (Å²) in [6, 6.07) is 16.3. The van der Waals surface area contributed by atoms with E-state index < -0.39 is 6.04 Å². The first kappa shape index (κ1) is 27.0. The number of benzene rings is 2. The monoisotopic (exact) mass is 570 g/mol. The molecule has 41 heavy (non-hydrogen) atoms. The van der Waals surface area contributed by atoms with Crippen molar-refractivity contribution in [1.82, 2.24) is 14.8 Å². The molecule has 10 heteroatoms. The molecule has 2 aliphatic rings. The van der Waals surface area contributed by atoms with E-state index in [2.05, 4.69) is 74.8 Å². The molecule has 0 aliphatic carbocycles. The van der Waals surface area contributed by atoms with Crippen molar-refractivity contribution in [2.45, 2.75) is 33.2 Å². The highest BCUT2D eigenvalue weighted by Gasteiger charge is 2.32. The number of carbonyl (C=O) groups is 1. The van der Waals surface area contributed by atoms with Gasteiger partial charge in [-0.2, -0.15) is 0 Å². The van der Waals surface area contributed by atoms with Gasteiger partial charge in [0.05, 0.1) is 32.0 Å². The molecule has 0 N–H and O–H groups in total. The smallest absolute Gasteiger partial charge is 0.308 e. The summed E-state index contributed by atoms with van der Waals surface area (Å²) in [7, 11) is 3.12. The number of thiophene rings is 1. The van der Waals surface area contributed by atoms with Gasteiger partial charge in [-0.15, -0.1) is 21.5 Å². The average Bonchev–Trinajstić information content (AvgIpc) is 3.48. The molecule has 0 amide bonds. The van der Waals surface area contributed by atoms with E-state index in [1.807, 2.05) is 19.1 Å². The summed E-state index contributed by atoms with van der Waals surface area (Å²) in [6.07, 6.45) is 0.0969. The molecule has 1 saturated heterocycles. The molecule has 0 bridgehead atoms. The van der Waals surface area contributed by atoms with Gasteiger partial charge in [-0.1, -0.05) is 24.3 Å². The third kappa shape index (κ3) is 4.86. The summed E-state index contributed by atoms with van der Waals surface area (Å²) in [6.45, 7) is 9.87. The maximum Gasteiger partial charge on any atom is 0.308 e. The van der Waals surface area contributed by atoms with Crippen LogP contribution in [0.2, 0.25) is 0 Å². The first-order valence-corrected chi connectivity index (χ1v) is 14.6. The number of carbonyl (C=O) groups excluding carboxylic acids is 1. The third-order valence-corrected chi connectivity index (χ3v) is 9.23. The topological polar surface area (TPSA) is 85.1 Å². The number of hydrogen-bond donors (Lipinski definition) is 0. The van der Waals surface area contributed by atoms with E-state index in [0.717, 1.165) is 65.3 Å². The number of aromatic nitrogens is 3. The summed E-state index contributed by atoms with van der Waals surface area (Å²) < 4.78 is 12.6. The standard InChI is InChI=1S/C31H34N6O3S/c1-19-20(2)41-31-28(19)29(32-24(18-27(38)40-5)30-34-33-21(3)37(30)31)22-10-12-23(13-11-22)35-14-16-36(17-15-35)25-8-6-7-9-26(25)39-4/h6-13,24H,14-18H2,1-5H3/t24-/m0/s1. The van der Waals surface area contributed by atoms with Gasteiger partial charge in [0, 0.05) is 47.9 Å². The minimum Gasteiger partial charge on any atom is -0.495 e. The zero-order valence-corrected chi connectivity index (χ0v) is 24.9. The van der Waals surface area contributed by atoms with E-state index in [1.165, 1.54) is 23.2 Å². The van der Waals surface area contributed by atoms with Gasteiger partial charge >= 0.3 is 5.97 Å². The van der Waals surface area contributed by atoms with Gasteiger partial charge < -0.3 is 19.3 Å². The first-order valence-electron chi connectivity index (χ1n) is 13.8. The number of aryl methyl sites for hydroxylation is 2. The number of aliphatic imine (C=N–C) groups is 1. The van der Waals surface area contributed by atoms with Crippen LogP contribution in [0.5, 0.6) is 5.75 Å². The number of ether oxygens (including phenoxy) is 2. The molecule has 9 nitrogen and oxygen atoms in total. The van der Waals surface area contributed by atoms with Crippen molar-refractivity contribution in [3.05, 3.63) is 81.7 Å². The molecule has 0 unspecified atom stereocenters. The zero-order chi connectivity index (χ0) is 28.7. The van der Waals surface area contributed by atoms with Crippen LogP contribution in [-0.4, -0.2) is 66.8 Å². The molecule has 1 atom stereocenters. The van der Waals surface area contributed by atoms with Gasteiger partial charge in [0.15, 0.2) is 5.82 Å². The number of fused-ring (bicyclic) bond motifs is 3. The van der Waals surface area contributed by atoms with Crippen molar-refractivity contribution in [3.8, 4) is 10.8 Å². The van der Waals surface area contributed by atoms with E-state index in [-0.39, 0.29) is 12.4 Å². The Morgan fingerprint density at radius 2 is 1.66 bits per heavy atom. The molecule has 4 heterocycles. The van der Waals surface area contributed by atoms with Crippen molar-refractivity contribution in [2.75, 3.05) is 50.2 Å². The highest BCUT2D eigenvalue weighted by atomic mass is 32.1. The van der Waals surface area contributed by atoms with Crippen LogP contribution in [0, 0.1) is 20.8 Å². The lowest BCUT2D eigenvalue weighted by molar-refractivity contribution is -0.141. The molecule has 6 rings (SSSR count). The molecule has 2 aromatic carbocycles. The maximum absolute atomic E-state index is 12.4. The molecular formula is C31H34N6O3S. The van der Waals surface area contributed by atoms with Gasteiger partial charge in [-0.05, 0) is 50.6 Å². The van der Waals surface area contributed by atoms with Gasteiger partial charge in [-0.3, -0.25) is 14.4 Å². The zero-order valence-electron chi connectivity index (χ0n) is 24.0. The molecule has 4 aromatic rings. The number of hydrogen-bond acceptors (Lipinski definition) is 9. The second kappa shape index (κ2) is 11.0. The Morgan fingerprint density at radius 3 is 2.37 bits per heavy atom. The largest absolute Gasteiger partial charge is 0.495 e. The van der Waals surface area contributed by atoms with Crippen LogP contribution in [0.4, 0.5) is 11.4 Å². The molecule has 2 aliphatic heterocycles. The predicted octanol–water partition coefficient (Wildman–Crippen LogP) is 5.04. The van der Waals surface area contributed by atoms with Gasteiger partial charge in [-0.25, -0.2) is 0 Å². The van der Waals surface area contributed by atoms with Gasteiger partial charge in [0.25, 0.3) is 0 Å². The van der Waals surface area contributed by atoms with E-state index in [9.17, 15) is 4.79 Å². The summed E-state index contributed by atoms with van der Waals surface area (Å²) in [4.78, 5) is 23.6. The quantitative estimate of drug-likeness (QED) is 0.300. The molecular weight excluding hydrogens is 536 g/mol. The summed E-state index contributed by atoms with van der Waals surface area (Å²) in [5.74, 6) is 2.02. The Morgan fingerprint density at radius 1 is 0.951 bits per heavy atom. The first-order chi connectivity index (χ1) is 19.9. The molecule has 1 fully saturated rings. The van der Waals surface area contributed by atoms with Crippen molar-refractivity contribution in [2.24, 2.45) is 4.99 Å². The fourth-order valence-corrected chi connectivity index (χ4v) is 6.91. The summed E-state index contributed by atoms with van der Waals surface area (Å²) >= 11 is 1.71. The van der Waals surface area contributed by atoms with Gasteiger partial charge in [0.2, 0.25) is 0 Å². The van der Waals surface area contributed by atoms with Crippen LogP contribution in [-0.2, 0) is 9.53 Å². The molecule has 0 radical (unpaired) electrons. The van der Waals surface area contributed by atoms with Crippen molar-refractivity contribution < 1.29 is 14.3 Å².